The van der Waals surface area contributed by atoms with Crippen molar-refractivity contribution < 1.29 is 23.1 Å². The molecule has 0 atom stereocenters. The number of rotatable bonds is 19. The lowest BCUT2D eigenvalue weighted by molar-refractivity contribution is 0.0694. The summed E-state index contributed by atoms with van der Waals surface area (Å²) in [6.45, 7) is 2.25. The highest BCUT2D eigenvalue weighted by molar-refractivity contribution is 7.92. The summed E-state index contributed by atoms with van der Waals surface area (Å²) < 4.78 is 27.6. The van der Waals surface area contributed by atoms with Crippen molar-refractivity contribution in [1.29, 1.82) is 0 Å². The van der Waals surface area contributed by atoms with Gasteiger partial charge in [0.05, 0.1) is 11.3 Å². The molecule has 2 rings (SSSR count). The molecule has 0 spiro atoms. The van der Waals surface area contributed by atoms with Crippen LogP contribution in [0.4, 0.5) is 5.69 Å². The Morgan fingerprint density at radius 1 is 0.829 bits per heavy atom. The van der Waals surface area contributed by atoms with Crippen molar-refractivity contribution in [1.82, 2.24) is 0 Å². The number of carbonyl (C=O) groups excluding carboxylic acids is 1. The Labute approximate surface area is 210 Å². The van der Waals surface area contributed by atoms with Crippen LogP contribution in [0, 0.1) is 0 Å². The maximum atomic E-state index is 12.5. The first-order valence-corrected chi connectivity index (χ1v) is 14.8. The monoisotopic (exact) mass is 503 g/mol. The SMILES string of the molecule is CCCCCCCCCCCCCCCCS(=O)(=O)Nc1ccc2c(C=O)c(C(=O)O)ccc2c1. The van der Waals surface area contributed by atoms with Gasteiger partial charge in [-0.25, -0.2) is 13.2 Å². The highest BCUT2D eigenvalue weighted by Gasteiger charge is 2.15. The smallest absolute Gasteiger partial charge is 0.336 e. The van der Waals surface area contributed by atoms with Crippen LogP contribution >= 0.6 is 0 Å². The number of aldehydes is 1. The van der Waals surface area contributed by atoms with E-state index in [4.69, 9.17) is 0 Å². The summed E-state index contributed by atoms with van der Waals surface area (Å²) >= 11 is 0. The lowest BCUT2D eigenvalue weighted by Gasteiger charge is -2.10. The number of fused-ring (bicyclic) bond motifs is 1. The molecule has 7 heteroatoms. The summed E-state index contributed by atoms with van der Waals surface area (Å²) in [7, 11) is -3.47. The van der Waals surface area contributed by atoms with Crippen molar-refractivity contribution in [3.63, 3.8) is 0 Å². The molecular weight excluding hydrogens is 462 g/mol. The molecule has 0 aliphatic heterocycles. The van der Waals surface area contributed by atoms with E-state index in [1.807, 2.05) is 0 Å². The Kier molecular flexibility index (Phi) is 12.8. The van der Waals surface area contributed by atoms with Gasteiger partial charge in [0.15, 0.2) is 6.29 Å². The number of carboxylic acids is 1. The zero-order valence-corrected chi connectivity index (χ0v) is 21.9. The second kappa shape index (κ2) is 15.6. The van der Waals surface area contributed by atoms with Crippen LogP contribution in [-0.2, 0) is 10.0 Å². The van der Waals surface area contributed by atoms with Crippen molar-refractivity contribution in [2.75, 3.05) is 10.5 Å². The van der Waals surface area contributed by atoms with Crippen LogP contribution in [0.5, 0.6) is 0 Å². The van der Waals surface area contributed by atoms with Crippen LogP contribution in [0.25, 0.3) is 10.8 Å². The van der Waals surface area contributed by atoms with Gasteiger partial charge < -0.3 is 5.11 Å². The first-order chi connectivity index (χ1) is 16.9. The summed E-state index contributed by atoms with van der Waals surface area (Å²) in [4.78, 5) is 22.7. The molecule has 6 nitrogen and oxygen atoms in total. The summed E-state index contributed by atoms with van der Waals surface area (Å²) in [5.41, 5.74) is 0.424. The Hall–Kier alpha value is -2.41. The van der Waals surface area contributed by atoms with Crippen molar-refractivity contribution in [2.24, 2.45) is 0 Å². The lowest BCUT2D eigenvalue weighted by Crippen LogP contribution is -2.16. The van der Waals surface area contributed by atoms with E-state index < -0.39 is 16.0 Å². The molecular formula is C28H41NO5S. The summed E-state index contributed by atoms with van der Waals surface area (Å²) in [5.74, 6) is -1.10. The van der Waals surface area contributed by atoms with Crippen molar-refractivity contribution in [3.05, 3.63) is 41.5 Å². The van der Waals surface area contributed by atoms with Gasteiger partial charge in [0, 0.05) is 11.3 Å². The number of benzene rings is 2. The van der Waals surface area contributed by atoms with Crippen molar-refractivity contribution in [2.45, 2.75) is 96.8 Å². The van der Waals surface area contributed by atoms with Gasteiger partial charge in [-0.3, -0.25) is 9.52 Å². The van der Waals surface area contributed by atoms with Gasteiger partial charge in [-0.15, -0.1) is 0 Å². The molecule has 0 amide bonds. The van der Waals surface area contributed by atoms with Crippen LogP contribution in [0.15, 0.2) is 30.3 Å². The fourth-order valence-electron chi connectivity index (χ4n) is 4.45. The standard InChI is InChI=1S/C28H41NO5S/c1-2-3-4-5-6-7-8-9-10-11-12-13-14-15-20-35(33,34)29-24-17-19-25-23(21-24)16-18-26(28(31)32)27(25)22-30/h16-19,21-22,29H,2-15,20H2,1H3,(H,31,32). The number of aromatic carboxylic acids is 1. The van der Waals surface area contributed by atoms with Crippen LogP contribution in [0.3, 0.4) is 0 Å². The molecule has 0 aromatic heterocycles. The Morgan fingerprint density at radius 2 is 1.37 bits per heavy atom. The Morgan fingerprint density at radius 3 is 1.89 bits per heavy atom. The molecule has 0 fully saturated rings. The van der Waals surface area contributed by atoms with Crippen LogP contribution in [-0.4, -0.2) is 31.5 Å². The molecule has 0 radical (unpaired) electrons. The van der Waals surface area contributed by atoms with E-state index in [9.17, 15) is 23.1 Å². The van der Waals surface area contributed by atoms with E-state index in [1.54, 1.807) is 24.3 Å². The minimum absolute atomic E-state index is 0.0700. The third-order valence-corrected chi connectivity index (χ3v) is 7.82. The van der Waals surface area contributed by atoms with Gasteiger partial charge in [0.25, 0.3) is 0 Å². The van der Waals surface area contributed by atoms with Gasteiger partial charge in [0.1, 0.15) is 0 Å². The number of anilines is 1. The molecule has 0 heterocycles. The summed E-state index contributed by atoms with van der Waals surface area (Å²) in [5, 5.41) is 10.3. The number of hydrogen-bond donors (Lipinski definition) is 2. The minimum atomic E-state index is -3.47. The fraction of sp³-hybridized carbons (Fsp3) is 0.571. The molecule has 35 heavy (non-hydrogen) atoms. The number of carbonyl (C=O) groups is 2. The molecule has 2 N–H and O–H groups in total. The molecule has 0 aliphatic rings. The topological polar surface area (TPSA) is 101 Å². The third-order valence-electron chi connectivity index (χ3n) is 6.45. The van der Waals surface area contributed by atoms with E-state index in [0.29, 0.717) is 29.2 Å². The lowest BCUT2D eigenvalue weighted by atomic mass is 9.99. The van der Waals surface area contributed by atoms with E-state index in [1.165, 1.54) is 70.3 Å². The van der Waals surface area contributed by atoms with E-state index in [-0.39, 0.29) is 16.9 Å². The Bertz CT molecular complexity index is 1050. The highest BCUT2D eigenvalue weighted by Crippen LogP contribution is 2.25. The van der Waals surface area contributed by atoms with Crippen LogP contribution < -0.4 is 4.72 Å². The zero-order chi connectivity index (χ0) is 25.5. The number of unbranched alkanes of at least 4 members (excludes halogenated alkanes) is 13. The molecule has 2 aromatic rings. The summed E-state index contributed by atoms with van der Waals surface area (Å²) in [6.07, 6.45) is 17.5. The summed E-state index contributed by atoms with van der Waals surface area (Å²) in [6, 6.07) is 7.70. The molecule has 0 saturated carbocycles. The van der Waals surface area contributed by atoms with Gasteiger partial charge in [0.2, 0.25) is 10.0 Å². The largest absolute Gasteiger partial charge is 0.478 e. The number of carboxylic acid groups (broad SMARTS) is 1. The number of sulfonamides is 1. The third kappa shape index (κ3) is 10.4. The predicted molar refractivity (Wildman–Crippen MR) is 144 cm³/mol. The minimum Gasteiger partial charge on any atom is -0.478 e. The zero-order valence-electron chi connectivity index (χ0n) is 21.1. The average molecular weight is 504 g/mol. The molecule has 0 aliphatic carbocycles. The molecule has 0 bridgehead atoms. The Balaban J connectivity index is 1.66. The fourth-order valence-corrected chi connectivity index (χ4v) is 5.62. The number of hydrogen-bond acceptors (Lipinski definition) is 4. The first kappa shape index (κ1) is 28.8. The van der Waals surface area contributed by atoms with E-state index >= 15 is 0 Å². The molecule has 0 unspecified atom stereocenters. The maximum absolute atomic E-state index is 12.5. The van der Waals surface area contributed by atoms with Crippen molar-refractivity contribution >= 4 is 38.7 Å². The quantitative estimate of drug-likeness (QED) is 0.152. The maximum Gasteiger partial charge on any atom is 0.336 e. The second-order valence-corrected chi connectivity index (χ2v) is 11.2. The van der Waals surface area contributed by atoms with Crippen LogP contribution in [0.2, 0.25) is 0 Å². The normalized spacial score (nSPS) is 11.6. The molecule has 194 valence electrons. The number of nitrogens with one attached hydrogen (secondary N) is 1. The predicted octanol–water partition coefficient (Wildman–Crippen LogP) is 7.57. The molecule has 2 aromatic carbocycles. The molecule has 0 saturated heterocycles. The average Bonchev–Trinajstić information content (AvgIpc) is 2.82. The second-order valence-electron chi connectivity index (χ2n) is 9.40. The first-order valence-electron chi connectivity index (χ1n) is 13.1. The van der Waals surface area contributed by atoms with E-state index in [2.05, 4.69) is 11.6 Å². The van der Waals surface area contributed by atoms with Gasteiger partial charge in [-0.05, 0) is 35.4 Å². The highest BCUT2D eigenvalue weighted by atomic mass is 32.2. The van der Waals surface area contributed by atoms with Gasteiger partial charge >= 0.3 is 5.97 Å². The van der Waals surface area contributed by atoms with Crippen LogP contribution in [0.1, 0.15) is 118 Å². The van der Waals surface area contributed by atoms with Gasteiger partial charge in [-0.2, -0.15) is 0 Å². The van der Waals surface area contributed by atoms with Crippen molar-refractivity contribution in [3.8, 4) is 0 Å². The van der Waals surface area contributed by atoms with E-state index in [0.717, 1.165) is 19.3 Å². The van der Waals surface area contributed by atoms with Gasteiger partial charge in [-0.1, -0.05) is 103 Å².